The van der Waals surface area contributed by atoms with Crippen LogP contribution in [0.15, 0.2) is 54.6 Å². The molecule has 0 atom stereocenters. The van der Waals surface area contributed by atoms with Gasteiger partial charge in [-0.1, -0.05) is 30.3 Å². The van der Waals surface area contributed by atoms with E-state index in [1.807, 2.05) is 54.6 Å². The summed E-state index contributed by atoms with van der Waals surface area (Å²) in [7, 11) is 1.62. The Morgan fingerprint density at radius 2 is 1.85 bits per heavy atom. The third kappa shape index (κ3) is 2.14. The van der Waals surface area contributed by atoms with E-state index in [-0.39, 0.29) is 0 Å². The Bertz CT molecular complexity index is 767. The van der Waals surface area contributed by atoms with Gasteiger partial charge in [-0.3, -0.25) is 4.79 Å². The molecule has 0 saturated heterocycles. The third-order valence-corrected chi connectivity index (χ3v) is 3.23. The zero-order chi connectivity index (χ0) is 13.9. The summed E-state index contributed by atoms with van der Waals surface area (Å²) in [5.74, 6) is 0.753. The number of aldehydes is 1. The van der Waals surface area contributed by atoms with Crippen LogP contribution in [0.1, 0.15) is 10.4 Å². The Morgan fingerprint density at radius 1 is 1.05 bits per heavy atom. The van der Waals surface area contributed by atoms with Crippen molar-refractivity contribution in [2.24, 2.45) is 0 Å². The Balaban J connectivity index is 2.27. The van der Waals surface area contributed by atoms with Crippen LogP contribution in [0.4, 0.5) is 0 Å². The number of carbonyl (C=O) groups is 1. The van der Waals surface area contributed by atoms with Crippen molar-refractivity contribution in [2.45, 2.75) is 0 Å². The molecule has 20 heavy (non-hydrogen) atoms. The van der Waals surface area contributed by atoms with Crippen molar-refractivity contribution in [3.8, 4) is 17.0 Å². The van der Waals surface area contributed by atoms with Crippen LogP contribution in [0.3, 0.4) is 0 Å². The number of carbonyl (C=O) groups excluding carboxylic acids is 1. The van der Waals surface area contributed by atoms with Gasteiger partial charge in [0.2, 0.25) is 0 Å². The molecule has 0 N–H and O–H groups in total. The fraction of sp³-hybridized carbons (Fsp3) is 0.0588. The number of hydrogen-bond acceptors (Lipinski definition) is 3. The summed E-state index contributed by atoms with van der Waals surface area (Å²) in [6, 6.07) is 17.2. The third-order valence-electron chi connectivity index (χ3n) is 3.23. The number of ether oxygens (including phenoxy) is 1. The SMILES string of the molecule is COc1ccc2cc(C=O)c(-c3ccccc3)nc2c1. The molecule has 0 aliphatic rings. The molecule has 3 aromatic rings. The highest BCUT2D eigenvalue weighted by atomic mass is 16.5. The summed E-state index contributed by atoms with van der Waals surface area (Å²) >= 11 is 0. The number of pyridine rings is 1. The maximum absolute atomic E-state index is 11.3. The minimum absolute atomic E-state index is 0.592. The van der Waals surface area contributed by atoms with Crippen molar-refractivity contribution in [1.82, 2.24) is 4.98 Å². The van der Waals surface area contributed by atoms with Gasteiger partial charge in [0, 0.05) is 22.6 Å². The summed E-state index contributed by atoms with van der Waals surface area (Å²) in [6.07, 6.45) is 0.846. The van der Waals surface area contributed by atoms with E-state index in [1.54, 1.807) is 7.11 Å². The van der Waals surface area contributed by atoms with Crippen LogP contribution in [0, 0.1) is 0 Å². The van der Waals surface area contributed by atoms with Gasteiger partial charge < -0.3 is 4.74 Å². The Morgan fingerprint density at radius 3 is 2.55 bits per heavy atom. The minimum atomic E-state index is 0.592. The molecule has 1 heterocycles. The van der Waals surface area contributed by atoms with E-state index in [0.29, 0.717) is 11.3 Å². The van der Waals surface area contributed by atoms with Crippen molar-refractivity contribution in [3.05, 3.63) is 60.2 Å². The average Bonchev–Trinajstić information content (AvgIpc) is 2.53. The number of fused-ring (bicyclic) bond motifs is 1. The number of methoxy groups -OCH3 is 1. The topological polar surface area (TPSA) is 39.2 Å². The van der Waals surface area contributed by atoms with Crippen molar-refractivity contribution in [3.63, 3.8) is 0 Å². The standard InChI is InChI=1S/C17H13NO2/c1-20-15-8-7-13-9-14(11-19)17(18-16(13)10-15)12-5-3-2-4-6-12/h2-11H,1H3. The zero-order valence-electron chi connectivity index (χ0n) is 11.0. The highest BCUT2D eigenvalue weighted by Crippen LogP contribution is 2.26. The number of hydrogen-bond donors (Lipinski definition) is 0. The van der Waals surface area contributed by atoms with E-state index in [0.717, 1.165) is 28.5 Å². The highest BCUT2D eigenvalue weighted by Gasteiger charge is 2.09. The van der Waals surface area contributed by atoms with E-state index in [2.05, 4.69) is 4.98 Å². The van der Waals surface area contributed by atoms with Crippen LogP contribution in [-0.2, 0) is 0 Å². The Labute approximate surface area is 116 Å². The molecular weight excluding hydrogens is 250 g/mol. The predicted octanol–water partition coefficient (Wildman–Crippen LogP) is 3.72. The smallest absolute Gasteiger partial charge is 0.152 e. The van der Waals surface area contributed by atoms with Gasteiger partial charge in [-0.2, -0.15) is 0 Å². The van der Waals surface area contributed by atoms with Gasteiger partial charge in [0.05, 0.1) is 18.3 Å². The van der Waals surface area contributed by atoms with Crippen molar-refractivity contribution >= 4 is 17.2 Å². The van der Waals surface area contributed by atoms with E-state index in [1.165, 1.54) is 0 Å². The molecule has 1 aromatic heterocycles. The minimum Gasteiger partial charge on any atom is -0.497 e. The van der Waals surface area contributed by atoms with Gasteiger partial charge in [0.1, 0.15) is 5.75 Å². The first-order chi connectivity index (χ1) is 9.81. The fourth-order valence-corrected chi connectivity index (χ4v) is 2.21. The number of benzene rings is 2. The quantitative estimate of drug-likeness (QED) is 0.676. The average molecular weight is 263 g/mol. The Kier molecular flexibility index (Phi) is 3.17. The Hall–Kier alpha value is -2.68. The second kappa shape index (κ2) is 5.13. The van der Waals surface area contributed by atoms with Gasteiger partial charge in [-0.25, -0.2) is 4.98 Å². The predicted molar refractivity (Wildman–Crippen MR) is 79.1 cm³/mol. The fourth-order valence-electron chi connectivity index (χ4n) is 2.21. The zero-order valence-corrected chi connectivity index (χ0v) is 11.0. The molecule has 2 aromatic carbocycles. The van der Waals surface area contributed by atoms with Gasteiger partial charge in [-0.05, 0) is 18.2 Å². The molecule has 0 aliphatic carbocycles. The van der Waals surface area contributed by atoms with Gasteiger partial charge in [0.15, 0.2) is 6.29 Å². The molecule has 0 aliphatic heterocycles. The molecule has 98 valence electrons. The van der Waals surface area contributed by atoms with Gasteiger partial charge >= 0.3 is 0 Å². The molecule has 0 saturated carbocycles. The molecule has 0 bridgehead atoms. The molecule has 0 unspecified atom stereocenters. The number of rotatable bonds is 3. The van der Waals surface area contributed by atoms with Crippen molar-refractivity contribution < 1.29 is 9.53 Å². The second-order valence-electron chi connectivity index (χ2n) is 4.47. The molecule has 0 amide bonds. The van der Waals surface area contributed by atoms with Gasteiger partial charge in [-0.15, -0.1) is 0 Å². The van der Waals surface area contributed by atoms with Crippen LogP contribution in [0.2, 0.25) is 0 Å². The van der Waals surface area contributed by atoms with Crippen LogP contribution in [0.25, 0.3) is 22.2 Å². The molecule has 0 spiro atoms. The van der Waals surface area contributed by atoms with Crippen LogP contribution in [-0.4, -0.2) is 18.4 Å². The van der Waals surface area contributed by atoms with E-state index in [4.69, 9.17) is 4.74 Å². The first-order valence-electron chi connectivity index (χ1n) is 6.31. The molecular formula is C17H13NO2. The van der Waals surface area contributed by atoms with E-state index >= 15 is 0 Å². The lowest BCUT2D eigenvalue weighted by molar-refractivity contribution is 0.112. The molecule has 0 radical (unpaired) electrons. The monoisotopic (exact) mass is 263 g/mol. The van der Waals surface area contributed by atoms with Crippen molar-refractivity contribution in [1.29, 1.82) is 0 Å². The van der Waals surface area contributed by atoms with E-state index in [9.17, 15) is 4.79 Å². The summed E-state index contributed by atoms with van der Waals surface area (Å²) < 4.78 is 5.21. The van der Waals surface area contributed by atoms with Gasteiger partial charge in [0.25, 0.3) is 0 Å². The highest BCUT2D eigenvalue weighted by molar-refractivity contribution is 5.93. The lowest BCUT2D eigenvalue weighted by Gasteiger charge is -2.08. The maximum atomic E-state index is 11.3. The van der Waals surface area contributed by atoms with Crippen LogP contribution < -0.4 is 4.74 Å². The van der Waals surface area contributed by atoms with Crippen LogP contribution >= 0.6 is 0 Å². The molecule has 3 rings (SSSR count). The first-order valence-corrected chi connectivity index (χ1v) is 6.31. The number of aromatic nitrogens is 1. The first kappa shape index (κ1) is 12.4. The summed E-state index contributed by atoms with van der Waals surface area (Å²) in [5, 5.41) is 0.924. The van der Waals surface area contributed by atoms with Crippen molar-refractivity contribution in [2.75, 3.05) is 7.11 Å². The largest absolute Gasteiger partial charge is 0.497 e. The molecule has 3 heteroatoms. The normalized spacial score (nSPS) is 10.4. The lowest BCUT2D eigenvalue weighted by atomic mass is 10.0. The van der Waals surface area contributed by atoms with E-state index < -0.39 is 0 Å². The maximum Gasteiger partial charge on any atom is 0.152 e. The summed E-state index contributed by atoms with van der Waals surface area (Å²) in [4.78, 5) is 15.9. The summed E-state index contributed by atoms with van der Waals surface area (Å²) in [5.41, 5.74) is 3.03. The molecule has 0 fully saturated rings. The second-order valence-corrected chi connectivity index (χ2v) is 4.47. The molecule has 3 nitrogen and oxygen atoms in total. The van der Waals surface area contributed by atoms with Crippen LogP contribution in [0.5, 0.6) is 5.75 Å². The summed E-state index contributed by atoms with van der Waals surface area (Å²) in [6.45, 7) is 0. The lowest BCUT2D eigenvalue weighted by Crippen LogP contribution is -1.94. The number of nitrogens with zero attached hydrogens (tertiary/aromatic N) is 1.